The maximum atomic E-state index is 6.12. The number of hydrogen-bond donors (Lipinski definition) is 1. The lowest BCUT2D eigenvalue weighted by Gasteiger charge is -2.38. The van der Waals surface area contributed by atoms with Crippen LogP contribution in [-0.2, 0) is 6.42 Å². The van der Waals surface area contributed by atoms with Crippen molar-refractivity contribution < 1.29 is 0 Å². The summed E-state index contributed by atoms with van der Waals surface area (Å²) >= 11 is 0. The van der Waals surface area contributed by atoms with Crippen LogP contribution in [-0.4, -0.2) is 59.6 Å². The summed E-state index contributed by atoms with van der Waals surface area (Å²) in [6.45, 7) is 8.51. The number of nitrogens with two attached hydrogens (primary N) is 1. The highest BCUT2D eigenvalue weighted by Crippen LogP contribution is 2.27. The molecule has 1 aliphatic heterocycles. The van der Waals surface area contributed by atoms with Gasteiger partial charge in [-0.15, -0.1) is 0 Å². The van der Waals surface area contributed by atoms with Crippen molar-refractivity contribution in [1.29, 1.82) is 0 Å². The Kier molecular flexibility index (Phi) is 5.13. The van der Waals surface area contributed by atoms with Gasteiger partial charge in [-0.25, -0.2) is 0 Å². The maximum absolute atomic E-state index is 6.12. The second-order valence-electron chi connectivity index (χ2n) is 6.24. The van der Waals surface area contributed by atoms with Gasteiger partial charge >= 0.3 is 0 Å². The maximum Gasteiger partial charge on any atom is 0.0467 e. The Morgan fingerprint density at radius 2 is 2.25 bits per heavy atom. The number of pyridine rings is 1. The zero-order valence-electron chi connectivity index (χ0n) is 13.0. The predicted octanol–water partition coefficient (Wildman–Crippen LogP) is 1.37. The third kappa shape index (κ3) is 3.37. The zero-order chi connectivity index (χ0) is 14.6. The zero-order valence-corrected chi connectivity index (χ0v) is 13.0. The largest absolute Gasteiger partial charge is 0.329 e. The molecule has 0 amide bonds. The Bertz CT molecular complexity index is 406. The summed E-state index contributed by atoms with van der Waals surface area (Å²) in [7, 11) is 2.21. The molecule has 0 aromatic carbocycles. The van der Waals surface area contributed by atoms with Crippen LogP contribution in [0.2, 0.25) is 0 Å². The van der Waals surface area contributed by atoms with Gasteiger partial charge < -0.3 is 5.73 Å². The van der Waals surface area contributed by atoms with Crippen LogP contribution in [0.15, 0.2) is 24.4 Å². The van der Waals surface area contributed by atoms with Gasteiger partial charge in [-0.3, -0.25) is 14.8 Å². The molecule has 1 atom stereocenters. The van der Waals surface area contributed by atoms with Crippen molar-refractivity contribution in [2.24, 2.45) is 5.73 Å². The molecule has 2 N–H and O–H groups in total. The standard InChI is InChI=1S/C16H28N4/c1-14(2)20-11-8-16(12-17,13-20)19(3)10-7-15-6-4-5-9-18-15/h4-6,9,14H,7-8,10-13,17H2,1-3H3. The van der Waals surface area contributed by atoms with Gasteiger partial charge in [0, 0.05) is 56.1 Å². The molecule has 2 heterocycles. The van der Waals surface area contributed by atoms with Gasteiger partial charge in [0.25, 0.3) is 0 Å². The van der Waals surface area contributed by atoms with Gasteiger partial charge in [-0.05, 0) is 39.4 Å². The lowest BCUT2D eigenvalue weighted by molar-refractivity contribution is 0.124. The van der Waals surface area contributed by atoms with Crippen LogP contribution < -0.4 is 5.73 Å². The third-order valence-electron chi connectivity index (χ3n) is 4.71. The van der Waals surface area contributed by atoms with E-state index in [1.54, 1.807) is 0 Å². The molecular formula is C16H28N4. The van der Waals surface area contributed by atoms with Crippen molar-refractivity contribution in [3.8, 4) is 0 Å². The molecule has 0 radical (unpaired) electrons. The quantitative estimate of drug-likeness (QED) is 0.852. The summed E-state index contributed by atoms with van der Waals surface area (Å²) < 4.78 is 0. The molecule has 0 aliphatic carbocycles. The van der Waals surface area contributed by atoms with Crippen LogP contribution in [0.25, 0.3) is 0 Å². The highest BCUT2D eigenvalue weighted by atomic mass is 15.3. The fourth-order valence-electron chi connectivity index (χ4n) is 3.03. The Morgan fingerprint density at radius 1 is 1.45 bits per heavy atom. The topological polar surface area (TPSA) is 45.4 Å². The van der Waals surface area contributed by atoms with Crippen LogP contribution in [0.5, 0.6) is 0 Å². The molecule has 20 heavy (non-hydrogen) atoms. The normalized spacial score (nSPS) is 23.9. The summed E-state index contributed by atoms with van der Waals surface area (Å²) in [6.07, 6.45) is 4.02. The van der Waals surface area contributed by atoms with Crippen LogP contribution in [0.4, 0.5) is 0 Å². The van der Waals surface area contributed by atoms with Gasteiger partial charge in [0.05, 0.1) is 0 Å². The minimum atomic E-state index is 0.138. The van der Waals surface area contributed by atoms with Crippen LogP contribution in [0, 0.1) is 0 Å². The predicted molar refractivity (Wildman–Crippen MR) is 83.7 cm³/mol. The number of hydrogen-bond acceptors (Lipinski definition) is 4. The van der Waals surface area contributed by atoms with Crippen LogP contribution in [0.1, 0.15) is 26.0 Å². The highest BCUT2D eigenvalue weighted by molar-refractivity contribution is 5.05. The van der Waals surface area contributed by atoms with E-state index in [0.717, 1.165) is 38.3 Å². The molecule has 0 spiro atoms. The summed E-state index contributed by atoms with van der Waals surface area (Å²) in [4.78, 5) is 9.38. The van der Waals surface area contributed by atoms with Gasteiger partial charge in [0.1, 0.15) is 0 Å². The van der Waals surface area contributed by atoms with E-state index >= 15 is 0 Å². The first-order chi connectivity index (χ1) is 9.57. The molecule has 1 fully saturated rings. The number of nitrogens with zero attached hydrogens (tertiary/aromatic N) is 3. The van der Waals surface area contributed by atoms with Gasteiger partial charge in [-0.2, -0.15) is 0 Å². The van der Waals surface area contributed by atoms with Crippen molar-refractivity contribution in [3.63, 3.8) is 0 Å². The second-order valence-corrected chi connectivity index (χ2v) is 6.24. The van der Waals surface area contributed by atoms with Crippen molar-refractivity contribution in [2.45, 2.75) is 38.3 Å². The van der Waals surface area contributed by atoms with Gasteiger partial charge in [-0.1, -0.05) is 6.07 Å². The molecule has 1 unspecified atom stereocenters. The first kappa shape index (κ1) is 15.4. The smallest absolute Gasteiger partial charge is 0.0467 e. The van der Waals surface area contributed by atoms with Crippen molar-refractivity contribution >= 4 is 0 Å². The summed E-state index contributed by atoms with van der Waals surface area (Å²) in [5.41, 5.74) is 7.41. The average Bonchev–Trinajstić information content (AvgIpc) is 2.92. The van der Waals surface area contributed by atoms with E-state index in [1.807, 2.05) is 12.3 Å². The number of aromatic nitrogens is 1. The molecule has 2 rings (SSSR count). The average molecular weight is 276 g/mol. The number of rotatable bonds is 6. The van der Waals surface area contributed by atoms with Crippen molar-refractivity contribution in [1.82, 2.24) is 14.8 Å². The second kappa shape index (κ2) is 6.66. The molecule has 112 valence electrons. The van der Waals surface area contributed by atoms with Crippen molar-refractivity contribution in [2.75, 3.05) is 33.2 Å². The fourth-order valence-corrected chi connectivity index (χ4v) is 3.03. The molecule has 0 bridgehead atoms. The third-order valence-corrected chi connectivity index (χ3v) is 4.71. The molecule has 1 aromatic rings. The Balaban J connectivity index is 1.94. The fraction of sp³-hybridized carbons (Fsp3) is 0.688. The Labute approximate surface area is 123 Å². The number of likely N-dealkylation sites (tertiary alicyclic amines) is 1. The van der Waals surface area contributed by atoms with E-state index in [1.165, 1.54) is 6.42 Å². The van der Waals surface area contributed by atoms with E-state index in [4.69, 9.17) is 5.73 Å². The van der Waals surface area contributed by atoms with Crippen molar-refractivity contribution in [3.05, 3.63) is 30.1 Å². The van der Waals surface area contributed by atoms with E-state index in [9.17, 15) is 0 Å². The molecule has 1 aliphatic rings. The summed E-state index contributed by atoms with van der Waals surface area (Å²) in [5, 5.41) is 0. The van der Waals surface area contributed by atoms with E-state index in [2.05, 4.69) is 47.8 Å². The molecule has 4 heteroatoms. The first-order valence-electron chi connectivity index (χ1n) is 7.63. The van der Waals surface area contributed by atoms with Gasteiger partial charge in [0.15, 0.2) is 0 Å². The Morgan fingerprint density at radius 3 is 2.80 bits per heavy atom. The molecule has 1 saturated heterocycles. The highest BCUT2D eigenvalue weighted by Gasteiger charge is 2.40. The molecular weight excluding hydrogens is 248 g/mol. The SMILES string of the molecule is CC(C)N1CCC(CN)(N(C)CCc2ccccn2)C1. The van der Waals surface area contributed by atoms with E-state index < -0.39 is 0 Å². The lowest BCUT2D eigenvalue weighted by atomic mass is 9.96. The molecule has 0 saturated carbocycles. The summed E-state index contributed by atoms with van der Waals surface area (Å²) in [5.74, 6) is 0. The molecule has 1 aromatic heterocycles. The van der Waals surface area contributed by atoms with Crippen LogP contribution >= 0.6 is 0 Å². The number of likely N-dealkylation sites (N-methyl/N-ethyl adjacent to an activating group) is 1. The monoisotopic (exact) mass is 276 g/mol. The summed E-state index contributed by atoms with van der Waals surface area (Å²) in [6, 6.07) is 6.72. The Hall–Kier alpha value is -0.970. The first-order valence-corrected chi connectivity index (χ1v) is 7.63. The minimum absolute atomic E-state index is 0.138. The van der Waals surface area contributed by atoms with E-state index in [-0.39, 0.29) is 5.54 Å². The van der Waals surface area contributed by atoms with Gasteiger partial charge in [0.2, 0.25) is 0 Å². The molecule has 4 nitrogen and oxygen atoms in total. The van der Waals surface area contributed by atoms with E-state index in [0.29, 0.717) is 6.04 Å². The minimum Gasteiger partial charge on any atom is -0.329 e. The van der Waals surface area contributed by atoms with Crippen LogP contribution in [0.3, 0.4) is 0 Å². The lowest BCUT2D eigenvalue weighted by Crippen LogP contribution is -2.54.